The Bertz CT molecular complexity index is 763. The molecule has 0 bridgehead atoms. The average molecular weight is 379 g/mol. The first-order chi connectivity index (χ1) is 12.0. The molecular weight excluding hydrogens is 359 g/mol. The maximum atomic E-state index is 11.9. The van der Waals surface area contributed by atoms with Gasteiger partial charge in [-0.1, -0.05) is 61.3 Å². The normalized spacial score (nSPS) is 12.2. The summed E-state index contributed by atoms with van der Waals surface area (Å²) in [5, 5.41) is 4.89. The molecule has 132 valence electrons. The molecule has 0 radical (unpaired) electrons. The number of carbonyl (C=O) groups is 1. The van der Waals surface area contributed by atoms with Gasteiger partial charge in [0.15, 0.2) is 6.61 Å². The van der Waals surface area contributed by atoms with Crippen LogP contribution < -0.4 is 10.2 Å². The van der Waals surface area contributed by atoms with Crippen molar-refractivity contribution in [2.24, 2.45) is 5.10 Å². The van der Waals surface area contributed by atoms with Crippen molar-refractivity contribution in [2.45, 2.75) is 26.2 Å². The molecule has 0 aliphatic carbocycles. The van der Waals surface area contributed by atoms with E-state index in [1.165, 1.54) is 6.21 Å². The molecule has 1 atom stereocenters. The zero-order valence-corrected chi connectivity index (χ0v) is 15.6. The van der Waals surface area contributed by atoms with Crippen LogP contribution in [0.25, 0.3) is 0 Å². The number of benzene rings is 2. The van der Waals surface area contributed by atoms with E-state index in [1.54, 1.807) is 18.2 Å². The molecule has 2 rings (SSSR count). The van der Waals surface area contributed by atoms with Crippen LogP contribution in [0.4, 0.5) is 0 Å². The highest BCUT2D eigenvalue weighted by Crippen LogP contribution is 2.28. The summed E-state index contributed by atoms with van der Waals surface area (Å²) < 4.78 is 5.63. The summed E-state index contributed by atoms with van der Waals surface area (Å²) in [5.74, 6) is 0.737. The number of hydrogen-bond acceptors (Lipinski definition) is 3. The first kappa shape index (κ1) is 19.3. The van der Waals surface area contributed by atoms with Gasteiger partial charge in [-0.2, -0.15) is 5.10 Å². The summed E-state index contributed by atoms with van der Waals surface area (Å²) in [7, 11) is 0. The maximum Gasteiger partial charge on any atom is 0.277 e. The van der Waals surface area contributed by atoms with E-state index < -0.39 is 0 Å². The summed E-state index contributed by atoms with van der Waals surface area (Å²) in [6.07, 6.45) is 2.46. The second-order valence-electron chi connectivity index (χ2n) is 5.59. The molecule has 25 heavy (non-hydrogen) atoms. The zero-order valence-electron chi connectivity index (χ0n) is 14.1. The van der Waals surface area contributed by atoms with Crippen molar-refractivity contribution in [3.8, 4) is 5.75 Å². The maximum absolute atomic E-state index is 11.9. The van der Waals surface area contributed by atoms with Crippen molar-refractivity contribution in [1.29, 1.82) is 0 Å². The Labute approximate surface area is 157 Å². The lowest BCUT2D eigenvalue weighted by molar-refractivity contribution is -0.123. The van der Waals surface area contributed by atoms with Gasteiger partial charge in [0.2, 0.25) is 0 Å². The van der Waals surface area contributed by atoms with E-state index in [2.05, 4.69) is 24.4 Å². The summed E-state index contributed by atoms with van der Waals surface area (Å²) in [4.78, 5) is 11.9. The van der Waals surface area contributed by atoms with Crippen molar-refractivity contribution in [2.75, 3.05) is 6.61 Å². The number of nitrogens with zero attached hydrogens (tertiary/aromatic N) is 1. The highest BCUT2D eigenvalue weighted by Gasteiger charge is 2.10. The molecule has 0 fully saturated rings. The minimum absolute atomic E-state index is 0.112. The van der Waals surface area contributed by atoms with Crippen LogP contribution in [0.5, 0.6) is 5.75 Å². The lowest BCUT2D eigenvalue weighted by Gasteiger charge is -2.15. The van der Waals surface area contributed by atoms with E-state index in [0.29, 0.717) is 21.5 Å². The van der Waals surface area contributed by atoms with Crippen LogP contribution in [0, 0.1) is 0 Å². The second kappa shape index (κ2) is 9.44. The number of amides is 1. The van der Waals surface area contributed by atoms with E-state index in [0.717, 1.165) is 17.7 Å². The fourth-order valence-corrected chi connectivity index (χ4v) is 2.65. The standard InChI is InChI=1S/C19H20Cl2N2O2/c1-3-13(2)16-6-4-5-7-18(16)25-12-19(24)23-22-11-14-8-9-15(20)10-17(14)21/h4-11,13H,3,12H2,1-2H3,(H,23,24). The number of ether oxygens (including phenoxy) is 1. The molecule has 0 aliphatic rings. The third kappa shape index (κ3) is 5.76. The number of hydrazone groups is 1. The zero-order chi connectivity index (χ0) is 18.2. The summed E-state index contributed by atoms with van der Waals surface area (Å²) in [6, 6.07) is 12.8. The Morgan fingerprint density at radius 1 is 1.28 bits per heavy atom. The molecule has 0 saturated carbocycles. The Balaban J connectivity index is 1.90. The monoisotopic (exact) mass is 378 g/mol. The van der Waals surface area contributed by atoms with Crippen LogP contribution in [0.15, 0.2) is 47.6 Å². The minimum atomic E-state index is -0.347. The van der Waals surface area contributed by atoms with Gasteiger partial charge in [-0.15, -0.1) is 0 Å². The van der Waals surface area contributed by atoms with Gasteiger partial charge in [-0.25, -0.2) is 5.43 Å². The lowest BCUT2D eigenvalue weighted by atomic mass is 9.98. The highest BCUT2D eigenvalue weighted by atomic mass is 35.5. The SMILES string of the molecule is CCC(C)c1ccccc1OCC(=O)NN=Cc1ccc(Cl)cc1Cl. The third-order valence-electron chi connectivity index (χ3n) is 3.78. The van der Waals surface area contributed by atoms with Gasteiger partial charge < -0.3 is 4.74 Å². The average Bonchev–Trinajstić information content (AvgIpc) is 2.61. The molecule has 1 amide bonds. The van der Waals surface area contributed by atoms with Crippen molar-refractivity contribution < 1.29 is 9.53 Å². The molecule has 0 aliphatic heterocycles. The molecule has 1 unspecified atom stereocenters. The number of halogens is 2. The van der Waals surface area contributed by atoms with Gasteiger partial charge in [0.05, 0.1) is 11.2 Å². The predicted octanol–water partition coefficient (Wildman–Crippen LogP) is 5.04. The van der Waals surface area contributed by atoms with Gasteiger partial charge in [-0.05, 0) is 36.1 Å². The van der Waals surface area contributed by atoms with E-state index in [4.69, 9.17) is 27.9 Å². The Morgan fingerprint density at radius 2 is 2.04 bits per heavy atom. The number of rotatable bonds is 7. The lowest BCUT2D eigenvalue weighted by Crippen LogP contribution is -2.25. The molecule has 6 heteroatoms. The topological polar surface area (TPSA) is 50.7 Å². The van der Waals surface area contributed by atoms with Gasteiger partial charge in [-0.3, -0.25) is 4.79 Å². The Kier molecular flexibility index (Phi) is 7.29. The molecule has 0 aromatic heterocycles. The molecule has 0 saturated heterocycles. The van der Waals surface area contributed by atoms with Crippen LogP contribution in [0.3, 0.4) is 0 Å². The number of nitrogens with one attached hydrogen (secondary N) is 1. The first-order valence-corrected chi connectivity index (χ1v) is 8.75. The van der Waals surface area contributed by atoms with E-state index in [-0.39, 0.29) is 12.5 Å². The molecule has 1 N–H and O–H groups in total. The Morgan fingerprint density at radius 3 is 2.76 bits per heavy atom. The fraction of sp³-hybridized carbons (Fsp3) is 0.263. The molecule has 0 spiro atoms. The fourth-order valence-electron chi connectivity index (χ4n) is 2.19. The molecule has 2 aromatic rings. The van der Waals surface area contributed by atoms with Gasteiger partial charge >= 0.3 is 0 Å². The van der Waals surface area contributed by atoms with Crippen LogP contribution in [-0.4, -0.2) is 18.7 Å². The van der Waals surface area contributed by atoms with Crippen molar-refractivity contribution in [1.82, 2.24) is 5.43 Å². The minimum Gasteiger partial charge on any atom is -0.483 e. The molecule has 4 nitrogen and oxygen atoms in total. The third-order valence-corrected chi connectivity index (χ3v) is 4.34. The first-order valence-electron chi connectivity index (χ1n) is 8.00. The van der Waals surface area contributed by atoms with E-state index in [9.17, 15) is 4.79 Å². The van der Waals surface area contributed by atoms with Crippen molar-refractivity contribution in [3.05, 3.63) is 63.6 Å². The quantitative estimate of drug-likeness (QED) is 0.542. The summed E-state index contributed by atoms with van der Waals surface area (Å²) in [5.41, 5.74) is 4.17. The van der Waals surface area contributed by atoms with Crippen LogP contribution in [0.2, 0.25) is 10.0 Å². The molecular formula is C19H20Cl2N2O2. The van der Waals surface area contributed by atoms with Crippen molar-refractivity contribution >= 4 is 35.3 Å². The molecule has 2 aromatic carbocycles. The number of para-hydroxylation sites is 1. The predicted molar refractivity (Wildman–Crippen MR) is 103 cm³/mol. The number of carbonyl (C=O) groups excluding carboxylic acids is 1. The summed E-state index contributed by atoms with van der Waals surface area (Å²) >= 11 is 11.9. The smallest absolute Gasteiger partial charge is 0.277 e. The van der Waals surface area contributed by atoms with Gasteiger partial charge in [0.25, 0.3) is 5.91 Å². The Hall–Kier alpha value is -2.04. The van der Waals surface area contributed by atoms with Crippen LogP contribution in [0.1, 0.15) is 37.3 Å². The highest BCUT2D eigenvalue weighted by molar-refractivity contribution is 6.36. The van der Waals surface area contributed by atoms with E-state index >= 15 is 0 Å². The van der Waals surface area contributed by atoms with Gasteiger partial charge in [0.1, 0.15) is 5.75 Å². The van der Waals surface area contributed by atoms with Crippen LogP contribution >= 0.6 is 23.2 Å². The molecule has 0 heterocycles. The number of hydrogen-bond donors (Lipinski definition) is 1. The van der Waals surface area contributed by atoms with E-state index in [1.807, 2.05) is 24.3 Å². The van der Waals surface area contributed by atoms with Crippen molar-refractivity contribution in [3.63, 3.8) is 0 Å². The van der Waals surface area contributed by atoms with Crippen LogP contribution in [-0.2, 0) is 4.79 Å². The summed E-state index contributed by atoms with van der Waals surface area (Å²) in [6.45, 7) is 4.13. The second-order valence-corrected chi connectivity index (χ2v) is 6.44. The van der Waals surface area contributed by atoms with Gasteiger partial charge in [0, 0.05) is 10.6 Å². The largest absolute Gasteiger partial charge is 0.483 e.